The van der Waals surface area contributed by atoms with Crippen LogP contribution in [0, 0.1) is 0 Å². The molecule has 1 N–H and O–H groups in total. The highest BCUT2D eigenvalue weighted by atomic mass is 16.5. The fourth-order valence-electron chi connectivity index (χ4n) is 1.44. The summed E-state index contributed by atoms with van der Waals surface area (Å²) in [5, 5.41) is 3.19. The molecule has 60 valence electrons. The minimum absolute atomic E-state index is 0.0747. The van der Waals surface area contributed by atoms with Crippen molar-refractivity contribution in [1.29, 1.82) is 0 Å². The number of rotatable bonds is 2. The van der Waals surface area contributed by atoms with E-state index in [2.05, 4.69) is 17.3 Å². The number of hydrogen-bond acceptors (Lipinski definition) is 3. The van der Waals surface area contributed by atoms with Gasteiger partial charge in [-0.3, -0.25) is 5.32 Å². The maximum atomic E-state index is 5.37. The van der Waals surface area contributed by atoms with Gasteiger partial charge in [0.05, 0.1) is 0 Å². The minimum atomic E-state index is -0.0747. The van der Waals surface area contributed by atoms with Crippen molar-refractivity contribution in [3.63, 3.8) is 0 Å². The van der Waals surface area contributed by atoms with Crippen LogP contribution in [0.15, 0.2) is 0 Å². The summed E-state index contributed by atoms with van der Waals surface area (Å²) < 4.78 is 5.37. The van der Waals surface area contributed by atoms with E-state index in [9.17, 15) is 0 Å². The number of ether oxygens (including phenoxy) is 1. The summed E-state index contributed by atoms with van der Waals surface area (Å²) in [7, 11) is 5.82. The molecule has 1 atom stereocenters. The van der Waals surface area contributed by atoms with Gasteiger partial charge in [-0.1, -0.05) is 0 Å². The van der Waals surface area contributed by atoms with Crippen LogP contribution >= 0.6 is 0 Å². The van der Waals surface area contributed by atoms with Crippen molar-refractivity contribution in [2.24, 2.45) is 0 Å². The molecule has 0 aromatic rings. The Hall–Kier alpha value is -0.120. The van der Waals surface area contributed by atoms with Crippen LogP contribution < -0.4 is 5.32 Å². The Balaban J connectivity index is 2.51. The highest BCUT2D eigenvalue weighted by molar-refractivity contribution is 4.86. The zero-order valence-electron chi connectivity index (χ0n) is 6.98. The smallest absolute Gasteiger partial charge is 0.132 e. The zero-order valence-corrected chi connectivity index (χ0v) is 6.98. The number of likely N-dealkylation sites (N-methyl/N-ethyl adjacent to an activating group) is 2. The van der Waals surface area contributed by atoms with E-state index in [1.54, 1.807) is 7.11 Å². The maximum absolute atomic E-state index is 5.37. The fraction of sp³-hybridized carbons (Fsp3) is 1.00. The third kappa shape index (κ3) is 1.31. The molecule has 0 bridgehead atoms. The molecule has 0 spiro atoms. The number of nitrogens with one attached hydrogen (secondary N) is 1. The lowest BCUT2D eigenvalue weighted by molar-refractivity contribution is -0.0224. The van der Waals surface area contributed by atoms with Gasteiger partial charge in [-0.2, -0.15) is 0 Å². The molecular formula is C7H16N2O. The summed E-state index contributed by atoms with van der Waals surface area (Å²) in [6, 6.07) is 0. The van der Waals surface area contributed by atoms with Crippen molar-refractivity contribution < 1.29 is 4.74 Å². The van der Waals surface area contributed by atoms with Crippen LogP contribution in [-0.4, -0.2) is 44.9 Å². The number of hydrogen-bond donors (Lipinski definition) is 1. The molecule has 0 saturated carbocycles. The van der Waals surface area contributed by atoms with Crippen LogP contribution in [0.25, 0.3) is 0 Å². The molecule has 0 aliphatic carbocycles. The second kappa shape index (κ2) is 2.86. The topological polar surface area (TPSA) is 24.5 Å². The molecule has 1 rings (SSSR count). The Morgan fingerprint density at radius 2 is 2.30 bits per heavy atom. The highest BCUT2D eigenvalue weighted by Crippen LogP contribution is 2.19. The van der Waals surface area contributed by atoms with Gasteiger partial charge in [0.2, 0.25) is 0 Å². The Bertz CT molecular complexity index is 112. The number of likely N-dealkylation sites (tertiary alicyclic amines) is 1. The van der Waals surface area contributed by atoms with Gasteiger partial charge < -0.3 is 9.64 Å². The lowest BCUT2D eigenvalue weighted by atomic mass is 10.2. The molecule has 10 heavy (non-hydrogen) atoms. The third-order valence-corrected chi connectivity index (χ3v) is 2.27. The van der Waals surface area contributed by atoms with Crippen LogP contribution in [0.2, 0.25) is 0 Å². The Kier molecular flexibility index (Phi) is 2.28. The van der Waals surface area contributed by atoms with Crippen LogP contribution in [0.1, 0.15) is 6.42 Å². The van der Waals surface area contributed by atoms with Gasteiger partial charge in [-0.15, -0.1) is 0 Å². The molecule has 0 radical (unpaired) electrons. The fourth-order valence-corrected chi connectivity index (χ4v) is 1.44. The van der Waals surface area contributed by atoms with E-state index in [-0.39, 0.29) is 5.72 Å². The molecule has 1 unspecified atom stereocenters. The maximum Gasteiger partial charge on any atom is 0.132 e. The van der Waals surface area contributed by atoms with E-state index in [1.165, 1.54) is 0 Å². The number of methoxy groups -OCH3 is 1. The summed E-state index contributed by atoms with van der Waals surface area (Å²) in [6.45, 7) is 2.11. The molecule has 1 heterocycles. The van der Waals surface area contributed by atoms with Crippen molar-refractivity contribution in [2.45, 2.75) is 12.1 Å². The molecule has 0 aromatic heterocycles. The van der Waals surface area contributed by atoms with E-state index in [4.69, 9.17) is 4.74 Å². The summed E-state index contributed by atoms with van der Waals surface area (Å²) in [5.74, 6) is 0. The lowest BCUT2D eigenvalue weighted by Crippen LogP contribution is -2.46. The van der Waals surface area contributed by atoms with Gasteiger partial charge >= 0.3 is 0 Å². The highest BCUT2D eigenvalue weighted by Gasteiger charge is 2.34. The molecule has 3 nitrogen and oxygen atoms in total. The van der Waals surface area contributed by atoms with E-state index >= 15 is 0 Å². The Morgan fingerprint density at radius 3 is 2.50 bits per heavy atom. The molecule has 1 fully saturated rings. The van der Waals surface area contributed by atoms with E-state index in [0.29, 0.717) is 0 Å². The monoisotopic (exact) mass is 144 g/mol. The molecule has 3 heteroatoms. The van der Waals surface area contributed by atoms with E-state index in [0.717, 1.165) is 19.5 Å². The Morgan fingerprint density at radius 1 is 1.60 bits per heavy atom. The first-order valence-corrected chi connectivity index (χ1v) is 3.65. The largest absolute Gasteiger partial charge is 0.362 e. The van der Waals surface area contributed by atoms with Crippen molar-refractivity contribution >= 4 is 0 Å². The Labute approximate surface area is 62.3 Å². The van der Waals surface area contributed by atoms with Crippen molar-refractivity contribution in [3.8, 4) is 0 Å². The second-order valence-electron chi connectivity index (χ2n) is 2.94. The van der Waals surface area contributed by atoms with Crippen molar-refractivity contribution in [1.82, 2.24) is 10.2 Å². The van der Waals surface area contributed by atoms with Crippen LogP contribution in [0.4, 0.5) is 0 Å². The first-order valence-electron chi connectivity index (χ1n) is 3.65. The standard InChI is InChI=1S/C7H16N2O/c1-8-7(10-3)4-5-9(2)6-7/h8H,4-6H2,1-3H3. The van der Waals surface area contributed by atoms with Gasteiger partial charge in [0, 0.05) is 26.6 Å². The average molecular weight is 144 g/mol. The predicted octanol–water partition coefficient (Wildman–Crippen LogP) is -0.116. The number of nitrogens with zero attached hydrogens (tertiary/aromatic N) is 1. The summed E-state index contributed by atoms with van der Waals surface area (Å²) in [6.07, 6.45) is 1.08. The van der Waals surface area contributed by atoms with Crippen molar-refractivity contribution in [3.05, 3.63) is 0 Å². The first-order chi connectivity index (χ1) is 4.72. The summed E-state index contributed by atoms with van der Waals surface area (Å²) in [5.41, 5.74) is -0.0747. The van der Waals surface area contributed by atoms with E-state index < -0.39 is 0 Å². The first kappa shape index (κ1) is 7.98. The second-order valence-corrected chi connectivity index (χ2v) is 2.94. The summed E-state index contributed by atoms with van der Waals surface area (Å²) in [4.78, 5) is 2.26. The van der Waals surface area contributed by atoms with Crippen LogP contribution in [0.5, 0.6) is 0 Å². The molecule has 1 aliphatic rings. The molecule has 0 aromatic carbocycles. The van der Waals surface area contributed by atoms with Crippen molar-refractivity contribution in [2.75, 3.05) is 34.3 Å². The quantitative estimate of drug-likeness (QED) is 0.547. The minimum Gasteiger partial charge on any atom is -0.362 e. The van der Waals surface area contributed by atoms with Crippen LogP contribution in [-0.2, 0) is 4.74 Å². The van der Waals surface area contributed by atoms with Gasteiger partial charge in [0.15, 0.2) is 0 Å². The lowest BCUT2D eigenvalue weighted by Gasteiger charge is -2.26. The molecule has 0 amide bonds. The molecule has 1 saturated heterocycles. The predicted molar refractivity (Wildman–Crippen MR) is 40.9 cm³/mol. The average Bonchev–Trinajstić information content (AvgIpc) is 2.33. The normalized spacial score (nSPS) is 35.1. The molecule has 1 aliphatic heterocycles. The SMILES string of the molecule is CNC1(OC)CCN(C)C1. The third-order valence-electron chi connectivity index (χ3n) is 2.27. The van der Waals surface area contributed by atoms with Gasteiger partial charge in [0.25, 0.3) is 0 Å². The van der Waals surface area contributed by atoms with Gasteiger partial charge in [0.1, 0.15) is 5.72 Å². The van der Waals surface area contributed by atoms with Gasteiger partial charge in [-0.25, -0.2) is 0 Å². The zero-order chi connectivity index (χ0) is 7.61. The van der Waals surface area contributed by atoms with Gasteiger partial charge in [-0.05, 0) is 14.1 Å². The van der Waals surface area contributed by atoms with E-state index in [1.807, 2.05) is 7.05 Å². The molecular weight excluding hydrogens is 128 g/mol. The van der Waals surface area contributed by atoms with Crippen LogP contribution in [0.3, 0.4) is 0 Å². The summed E-state index contributed by atoms with van der Waals surface area (Å²) >= 11 is 0.